The molecule has 2 aromatic rings. The predicted octanol–water partition coefficient (Wildman–Crippen LogP) is 5.68. The maximum absolute atomic E-state index is 13.1. The van der Waals surface area contributed by atoms with Crippen LogP contribution in [0.1, 0.15) is 67.8 Å². The van der Waals surface area contributed by atoms with E-state index in [1.807, 2.05) is 31.2 Å². The van der Waals surface area contributed by atoms with Gasteiger partial charge in [-0.2, -0.15) is 0 Å². The minimum Gasteiger partial charge on any atom is -0.493 e. The summed E-state index contributed by atoms with van der Waals surface area (Å²) in [5.74, 6) is -0.485. The molecule has 0 radical (unpaired) electrons. The molecule has 2 N–H and O–H groups in total. The molecule has 0 saturated heterocycles. The second-order valence-electron chi connectivity index (χ2n) is 8.85. The van der Waals surface area contributed by atoms with Crippen molar-refractivity contribution in [2.45, 2.75) is 63.9 Å². The Morgan fingerprint density at radius 2 is 1.64 bits per heavy atom. The van der Waals surface area contributed by atoms with Gasteiger partial charge in [-0.25, -0.2) is 0 Å². The first-order valence-electron chi connectivity index (χ1n) is 12.1. The number of benzene rings is 2. The van der Waals surface area contributed by atoms with Crippen LogP contribution in [0.15, 0.2) is 40.9 Å². The monoisotopic (exact) mass is 562 g/mol. The summed E-state index contributed by atoms with van der Waals surface area (Å²) in [7, 11) is 0. The summed E-state index contributed by atoms with van der Waals surface area (Å²) in [6, 6.07) is 11.0. The third kappa shape index (κ3) is 7.46. The molecule has 0 spiro atoms. The number of hydrogen-bond donors (Lipinski definition) is 2. The summed E-state index contributed by atoms with van der Waals surface area (Å²) in [6.45, 7) is 2.86. The number of ether oxygens (including phenoxy) is 3. The Hall–Kier alpha value is -3.07. The fraction of sp³-hybridized carbons (Fsp3) is 0.444. The van der Waals surface area contributed by atoms with Crippen LogP contribution in [0.5, 0.6) is 17.2 Å². The SMILES string of the molecule is CCCc1c(OCCCOc2ccc(Br)cc2)ccc2c1OC(CCC(=O)O)(CCC(=O)O)CC2=O. The van der Waals surface area contributed by atoms with Crippen molar-refractivity contribution in [3.05, 3.63) is 52.0 Å². The Bertz CT molecular complexity index is 1060. The van der Waals surface area contributed by atoms with Crippen molar-refractivity contribution in [3.8, 4) is 17.2 Å². The van der Waals surface area contributed by atoms with E-state index in [4.69, 9.17) is 14.2 Å². The van der Waals surface area contributed by atoms with Gasteiger partial charge in [0.1, 0.15) is 22.8 Å². The molecule has 0 atom stereocenters. The van der Waals surface area contributed by atoms with Crippen molar-refractivity contribution >= 4 is 33.7 Å². The van der Waals surface area contributed by atoms with Gasteiger partial charge in [0.2, 0.25) is 0 Å². The molecule has 3 rings (SSSR count). The molecular weight excluding hydrogens is 532 g/mol. The number of aliphatic carboxylic acids is 2. The quantitative estimate of drug-likeness (QED) is 0.282. The Balaban J connectivity index is 1.76. The van der Waals surface area contributed by atoms with Crippen LogP contribution in [0.2, 0.25) is 0 Å². The van der Waals surface area contributed by atoms with E-state index in [0.29, 0.717) is 43.1 Å². The van der Waals surface area contributed by atoms with Crippen molar-refractivity contribution in [3.63, 3.8) is 0 Å². The third-order valence-electron chi connectivity index (χ3n) is 6.04. The highest BCUT2D eigenvalue weighted by atomic mass is 79.9. The number of carbonyl (C=O) groups is 3. The van der Waals surface area contributed by atoms with E-state index in [9.17, 15) is 24.6 Å². The molecule has 2 aromatic carbocycles. The standard InChI is InChI=1S/C27H31BrO8/c1-2-4-21-23(35-16-3-15-34-19-7-5-18(28)6-8-19)10-9-20-22(29)17-27(36-26(20)21,13-11-24(30)31)14-12-25(32)33/h5-10H,2-4,11-17H2,1H3,(H,30,31)(H,32,33). The van der Waals surface area contributed by atoms with Crippen molar-refractivity contribution < 1.29 is 38.8 Å². The van der Waals surface area contributed by atoms with Gasteiger partial charge < -0.3 is 24.4 Å². The van der Waals surface area contributed by atoms with Gasteiger partial charge in [-0.1, -0.05) is 29.3 Å². The number of hydrogen-bond acceptors (Lipinski definition) is 6. The third-order valence-corrected chi connectivity index (χ3v) is 6.57. The van der Waals surface area contributed by atoms with Gasteiger partial charge in [-0.3, -0.25) is 14.4 Å². The van der Waals surface area contributed by atoms with Gasteiger partial charge in [0.05, 0.1) is 25.2 Å². The molecule has 9 heteroatoms. The van der Waals surface area contributed by atoms with Crippen LogP contribution in [0.25, 0.3) is 0 Å². The van der Waals surface area contributed by atoms with Crippen LogP contribution >= 0.6 is 15.9 Å². The summed E-state index contributed by atoms with van der Waals surface area (Å²) in [4.78, 5) is 35.6. The number of halogens is 1. The Kier molecular flexibility index (Phi) is 9.75. The Labute approximate surface area is 218 Å². The molecular formula is C27H31BrO8. The molecule has 194 valence electrons. The first kappa shape index (κ1) is 27.5. The number of carboxylic acids is 2. The molecule has 1 aliphatic rings. The highest BCUT2D eigenvalue weighted by Crippen LogP contribution is 2.44. The van der Waals surface area contributed by atoms with Crippen molar-refractivity contribution in [2.75, 3.05) is 13.2 Å². The first-order chi connectivity index (χ1) is 17.2. The van der Waals surface area contributed by atoms with Gasteiger partial charge in [-0.05, 0) is 55.7 Å². The maximum Gasteiger partial charge on any atom is 0.303 e. The average Bonchev–Trinajstić information content (AvgIpc) is 2.84. The predicted molar refractivity (Wildman–Crippen MR) is 136 cm³/mol. The molecule has 1 heterocycles. The second kappa shape index (κ2) is 12.8. The van der Waals surface area contributed by atoms with Gasteiger partial charge in [0.25, 0.3) is 0 Å². The summed E-state index contributed by atoms with van der Waals surface area (Å²) in [5, 5.41) is 18.4. The topological polar surface area (TPSA) is 119 Å². The largest absolute Gasteiger partial charge is 0.493 e. The van der Waals surface area contributed by atoms with Crippen LogP contribution < -0.4 is 14.2 Å². The van der Waals surface area contributed by atoms with E-state index < -0.39 is 17.5 Å². The molecule has 1 aliphatic heterocycles. The number of carbonyl (C=O) groups excluding carboxylic acids is 1. The molecule has 0 unspecified atom stereocenters. The van der Waals surface area contributed by atoms with E-state index in [2.05, 4.69) is 15.9 Å². The van der Waals surface area contributed by atoms with E-state index in [1.54, 1.807) is 12.1 Å². The minimum atomic E-state index is -1.18. The molecule has 0 saturated carbocycles. The zero-order valence-electron chi connectivity index (χ0n) is 20.3. The lowest BCUT2D eigenvalue weighted by atomic mass is 9.82. The molecule has 0 fully saturated rings. The summed E-state index contributed by atoms with van der Waals surface area (Å²) in [6.07, 6.45) is 1.60. The van der Waals surface area contributed by atoms with E-state index in [-0.39, 0.29) is 37.9 Å². The highest BCUT2D eigenvalue weighted by Gasteiger charge is 2.42. The van der Waals surface area contributed by atoms with Crippen molar-refractivity contribution in [1.29, 1.82) is 0 Å². The molecule has 0 aliphatic carbocycles. The van der Waals surface area contributed by atoms with Gasteiger partial charge in [0, 0.05) is 29.3 Å². The number of fused-ring (bicyclic) bond motifs is 1. The van der Waals surface area contributed by atoms with Gasteiger partial charge in [-0.15, -0.1) is 0 Å². The average molecular weight is 563 g/mol. The number of Topliss-reactive ketones (excluding diaryl/α,β-unsaturated/α-hetero) is 1. The smallest absolute Gasteiger partial charge is 0.303 e. The zero-order valence-corrected chi connectivity index (χ0v) is 21.8. The van der Waals surface area contributed by atoms with Gasteiger partial charge >= 0.3 is 11.9 Å². The molecule has 0 amide bonds. The van der Waals surface area contributed by atoms with Crippen LogP contribution in [0.4, 0.5) is 0 Å². The molecule has 0 aromatic heterocycles. The van der Waals surface area contributed by atoms with E-state index in [0.717, 1.165) is 22.2 Å². The maximum atomic E-state index is 13.1. The van der Waals surface area contributed by atoms with Crippen LogP contribution in [-0.4, -0.2) is 46.7 Å². The van der Waals surface area contributed by atoms with Crippen LogP contribution in [0, 0.1) is 0 Å². The Morgan fingerprint density at radius 3 is 2.25 bits per heavy atom. The summed E-state index contributed by atoms with van der Waals surface area (Å²) in [5.41, 5.74) is -0.0157. The number of rotatable bonds is 14. The van der Waals surface area contributed by atoms with Crippen LogP contribution in [0.3, 0.4) is 0 Å². The minimum absolute atomic E-state index is 0.0465. The Morgan fingerprint density at radius 1 is 1.00 bits per heavy atom. The van der Waals surface area contributed by atoms with Gasteiger partial charge in [0.15, 0.2) is 5.78 Å². The second-order valence-corrected chi connectivity index (χ2v) is 9.76. The van der Waals surface area contributed by atoms with Crippen molar-refractivity contribution in [2.24, 2.45) is 0 Å². The number of carboxylic acid groups (broad SMARTS) is 2. The lowest BCUT2D eigenvalue weighted by Gasteiger charge is -2.39. The number of ketones is 1. The molecule has 36 heavy (non-hydrogen) atoms. The lowest BCUT2D eigenvalue weighted by Crippen LogP contribution is -2.43. The lowest BCUT2D eigenvalue weighted by molar-refractivity contribution is -0.139. The van der Waals surface area contributed by atoms with Crippen molar-refractivity contribution in [1.82, 2.24) is 0 Å². The van der Waals surface area contributed by atoms with Crippen LogP contribution in [-0.2, 0) is 16.0 Å². The van der Waals surface area contributed by atoms with E-state index in [1.165, 1.54) is 0 Å². The fourth-order valence-electron chi connectivity index (χ4n) is 4.24. The highest BCUT2D eigenvalue weighted by molar-refractivity contribution is 9.10. The molecule has 8 nitrogen and oxygen atoms in total. The van der Waals surface area contributed by atoms with E-state index >= 15 is 0 Å². The fourth-order valence-corrected chi connectivity index (χ4v) is 4.51. The molecule has 0 bridgehead atoms. The zero-order chi connectivity index (χ0) is 26.1. The normalized spacial score (nSPS) is 14.0. The first-order valence-corrected chi connectivity index (χ1v) is 12.8. The summed E-state index contributed by atoms with van der Waals surface area (Å²) >= 11 is 3.39. The summed E-state index contributed by atoms with van der Waals surface area (Å²) < 4.78 is 19.1.